The molecule has 4 rings (SSSR count). The molecular weight excluding hydrogens is 374 g/mol. The molecule has 0 N–H and O–H groups in total. The molecule has 1 aromatic carbocycles. The van der Waals surface area contributed by atoms with Gasteiger partial charge in [0, 0.05) is 32.2 Å². The summed E-state index contributed by atoms with van der Waals surface area (Å²) in [5, 5.41) is 13.4. The van der Waals surface area contributed by atoms with E-state index in [1.54, 1.807) is 0 Å². The molecule has 0 atom stereocenters. The Kier molecular flexibility index (Phi) is 4.90. The summed E-state index contributed by atoms with van der Waals surface area (Å²) in [5.74, 6) is -1.29. The van der Waals surface area contributed by atoms with Crippen LogP contribution >= 0.6 is 11.3 Å². The number of rotatable bonds is 4. The molecule has 1 amide bonds. The molecule has 0 saturated carbocycles. The summed E-state index contributed by atoms with van der Waals surface area (Å²) < 4.78 is 28.0. The molecule has 140 valence electrons. The summed E-state index contributed by atoms with van der Waals surface area (Å²) in [7, 11) is 0. The average Bonchev–Trinajstić information content (AvgIpc) is 3.36. The van der Waals surface area contributed by atoms with Crippen LogP contribution in [-0.2, 0) is 6.54 Å². The highest BCUT2D eigenvalue weighted by atomic mass is 32.1. The standard InChI is InChI=1S/C17H16F2N6OS/c18-13-4-3-12(10-14(13)19)25-16(20-21-22-25)11-23-5-7-24(8-6-23)17(26)15-2-1-9-27-15/h1-4,9-10H,5-8,11H2. The smallest absolute Gasteiger partial charge is 0.264 e. The number of tetrazole rings is 1. The van der Waals surface area contributed by atoms with Gasteiger partial charge in [-0.05, 0) is 34.0 Å². The fourth-order valence-electron chi connectivity index (χ4n) is 2.99. The lowest BCUT2D eigenvalue weighted by molar-refractivity contribution is 0.0629. The number of thiophene rings is 1. The molecule has 0 unspecified atom stereocenters. The zero-order chi connectivity index (χ0) is 18.8. The number of hydrogen-bond donors (Lipinski definition) is 0. The average molecular weight is 390 g/mol. The number of carbonyl (C=O) groups excluding carboxylic acids is 1. The van der Waals surface area contributed by atoms with E-state index in [4.69, 9.17) is 0 Å². The van der Waals surface area contributed by atoms with Crippen LogP contribution in [0, 0.1) is 11.6 Å². The van der Waals surface area contributed by atoms with Gasteiger partial charge in [0.15, 0.2) is 17.5 Å². The summed E-state index contributed by atoms with van der Waals surface area (Å²) in [4.78, 5) is 17.1. The van der Waals surface area contributed by atoms with E-state index in [1.165, 1.54) is 22.1 Å². The minimum absolute atomic E-state index is 0.0521. The Morgan fingerprint density at radius 3 is 2.63 bits per heavy atom. The van der Waals surface area contributed by atoms with Gasteiger partial charge in [-0.25, -0.2) is 8.78 Å². The van der Waals surface area contributed by atoms with Crippen LogP contribution in [0.25, 0.3) is 5.69 Å². The SMILES string of the molecule is O=C(c1cccs1)N1CCN(Cc2nnnn2-c2ccc(F)c(F)c2)CC1. The summed E-state index contributed by atoms with van der Waals surface area (Å²) in [6, 6.07) is 7.23. The summed E-state index contributed by atoms with van der Waals surface area (Å²) in [6.07, 6.45) is 0. The number of aromatic nitrogens is 4. The van der Waals surface area contributed by atoms with E-state index in [9.17, 15) is 13.6 Å². The molecule has 1 aliphatic rings. The van der Waals surface area contributed by atoms with Crippen LogP contribution in [0.2, 0.25) is 0 Å². The van der Waals surface area contributed by atoms with Crippen LogP contribution in [-0.4, -0.2) is 62.1 Å². The van der Waals surface area contributed by atoms with Crippen LogP contribution in [0.15, 0.2) is 35.7 Å². The number of piperazine rings is 1. The highest BCUT2D eigenvalue weighted by Gasteiger charge is 2.24. The van der Waals surface area contributed by atoms with E-state index in [0.29, 0.717) is 44.2 Å². The Hall–Kier alpha value is -2.72. The lowest BCUT2D eigenvalue weighted by atomic mass is 10.2. The van der Waals surface area contributed by atoms with Gasteiger partial charge in [0.25, 0.3) is 5.91 Å². The van der Waals surface area contributed by atoms with Gasteiger partial charge in [-0.2, -0.15) is 4.68 Å². The molecule has 0 bridgehead atoms. The van der Waals surface area contributed by atoms with Gasteiger partial charge >= 0.3 is 0 Å². The Bertz CT molecular complexity index is 937. The van der Waals surface area contributed by atoms with Crippen LogP contribution in [0.5, 0.6) is 0 Å². The van der Waals surface area contributed by atoms with Crippen LogP contribution in [0.3, 0.4) is 0 Å². The molecule has 3 heterocycles. The van der Waals surface area contributed by atoms with E-state index < -0.39 is 11.6 Å². The van der Waals surface area contributed by atoms with E-state index in [2.05, 4.69) is 20.4 Å². The Morgan fingerprint density at radius 2 is 1.93 bits per heavy atom. The third-order valence-corrected chi connectivity index (χ3v) is 5.30. The van der Waals surface area contributed by atoms with Gasteiger partial charge in [-0.15, -0.1) is 16.4 Å². The third kappa shape index (κ3) is 3.71. The van der Waals surface area contributed by atoms with Crippen molar-refractivity contribution in [3.8, 4) is 5.69 Å². The first kappa shape index (κ1) is 17.7. The molecule has 0 aliphatic carbocycles. The van der Waals surface area contributed by atoms with Gasteiger partial charge in [0.1, 0.15) is 0 Å². The predicted molar refractivity (Wildman–Crippen MR) is 94.6 cm³/mol. The number of halogens is 2. The summed E-state index contributed by atoms with van der Waals surface area (Å²) >= 11 is 1.44. The van der Waals surface area contributed by atoms with Gasteiger partial charge in [-0.3, -0.25) is 9.69 Å². The number of nitrogens with zero attached hydrogens (tertiary/aromatic N) is 6. The lowest BCUT2D eigenvalue weighted by Crippen LogP contribution is -2.48. The van der Waals surface area contributed by atoms with Crippen molar-refractivity contribution in [3.05, 3.63) is 58.0 Å². The maximum Gasteiger partial charge on any atom is 0.264 e. The topological polar surface area (TPSA) is 67.2 Å². The maximum atomic E-state index is 13.5. The van der Waals surface area contributed by atoms with Crippen molar-refractivity contribution in [2.75, 3.05) is 26.2 Å². The fraction of sp³-hybridized carbons (Fsp3) is 0.294. The molecule has 27 heavy (non-hydrogen) atoms. The Balaban J connectivity index is 1.41. The van der Waals surface area contributed by atoms with Crippen molar-refractivity contribution in [1.29, 1.82) is 0 Å². The minimum Gasteiger partial charge on any atom is -0.335 e. The number of amides is 1. The first-order valence-corrected chi connectivity index (χ1v) is 9.27. The highest BCUT2D eigenvalue weighted by molar-refractivity contribution is 7.12. The van der Waals surface area contributed by atoms with Crippen molar-refractivity contribution >= 4 is 17.2 Å². The fourth-order valence-corrected chi connectivity index (χ4v) is 3.68. The molecule has 1 fully saturated rings. The molecule has 3 aromatic rings. The van der Waals surface area contributed by atoms with Crippen molar-refractivity contribution < 1.29 is 13.6 Å². The second kappa shape index (κ2) is 7.49. The highest BCUT2D eigenvalue weighted by Crippen LogP contribution is 2.16. The third-order valence-electron chi connectivity index (χ3n) is 4.44. The normalized spacial score (nSPS) is 15.3. The second-order valence-electron chi connectivity index (χ2n) is 6.15. The molecule has 1 aliphatic heterocycles. The predicted octanol–water partition coefficient (Wildman–Crippen LogP) is 1.96. The molecule has 0 radical (unpaired) electrons. The lowest BCUT2D eigenvalue weighted by Gasteiger charge is -2.34. The van der Waals surface area contributed by atoms with Crippen LogP contribution in [0.4, 0.5) is 8.78 Å². The molecule has 1 saturated heterocycles. The van der Waals surface area contributed by atoms with E-state index in [0.717, 1.165) is 17.0 Å². The number of hydrogen-bond acceptors (Lipinski definition) is 6. The second-order valence-corrected chi connectivity index (χ2v) is 7.10. The quantitative estimate of drug-likeness (QED) is 0.681. The minimum atomic E-state index is -0.949. The van der Waals surface area contributed by atoms with Gasteiger partial charge in [-0.1, -0.05) is 6.07 Å². The molecule has 10 heteroatoms. The number of benzene rings is 1. The van der Waals surface area contributed by atoms with E-state index in [-0.39, 0.29) is 5.91 Å². The van der Waals surface area contributed by atoms with Crippen molar-refractivity contribution in [2.45, 2.75) is 6.54 Å². The van der Waals surface area contributed by atoms with Crippen molar-refractivity contribution in [3.63, 3.8) is 0 Å². The Labute approximate surface area is 157 Å². The largest absolute Gasteiger partial charge is 0.335 e. The molecule has 0 spiro atoms. The van der Waals surface area contributed by atoms with Crippen molar-refractivity contribution in [2.24, 2.45) is 0 Å². The van der Waals surface area contributed by atoms with Crippen LogP contribution < -0.4 is 0 Å². The summed E-state index contributed by atoms with van der Waals surface area (Å²) in [6.45, 7) is 3.05. The summed E-state index contributed by atoms with van der Waals surface area (Å²) in [5.41, 5.74) is 0.361. The Morgan fingerprint density at radius 1 is 1.11 bits per heavy atom. The van der Waals surface area contributed by atoms with E-state index >= 15 is 0 Å². The molecule has 2 aromatic heterocycles. The van der Waals surface area contributed by atoms with Gasteiger partial charge < -0.3 is 4.90 Å². The zero-order valence-electron chi connectivity index (χ0n) is 14.3. The number of carbonyl (C=O) groups is 1. The van der Waals surface area contributed by atoms with Crippen LogP contribution in [0.1, 0.15) is 15.5 Å². The maximum absolute atomic E-state index is 13.5. The monoisotopic (exact) mass is 390 g/mol. The van der Waals surface area contributed by atoms with Gasteiger partial charge in [0.2, 0.25) is 0 Å². The zero-order valence-corrected chi connectivity index (χ0v) is 15.1. The van der Waals surface area contributed by atoms with E-state index in [1.807, 2.05) is 22.4 Å². The molecule has 7 nitrogen and oxygen atoms in total. The van der Waals surface area contributed by atoms with Crippen molar-refractivity contribution in [1.82, 2.24) is 30.0 Å². The van der Waals surface area contributed by atoms with Gasteiger partial charge in [0.05, 0.1) is 17.1 Å². The first-order valence-electron chi connectivity index (χ1n) is 8.39. The molecular formula is C17H16F2N6OS. The first-order chi connectivity index (χ1) is 13.1.